The molecule has 7 heteroatoms. The summed E-state index contributed by atoms with van der Waals surface area (Å²) in [6, 6.07) is 17.9. The smallest absolute Gasteiger partial charge is 0.262 e. The molecule has 0 fully saturated rings. The van der Waals surface area contributed by atoms with Crippen molar-refractivity contribution >= 4 is 17.3 Å². The van der Waals surface area contributed by atoms with Gasteiger partial charge >= 0.3 is 0 Å². The molecule has 2 N–H and O–H groups in total. The van der Waals surface area contributed by atoms with Crippen LogP contribution in [-0.2, 0) is 0 Å². The zero-order chi connectivity index (χ0) is 20.7. The second kappa shape index (κ2) is 7.18. The first kappa shape index (κ1) is 18.2. The molecule has 0 unspecified atom stereocenters. The van der Waals surface area contributed by atoms with E-state index in [9.17, 15) is 9.90 Å². The number of nitrogens with zero attached hydrogens (tertiary/aromatic N) is 1. The van der Waals surface area contributed by atoms with Crippen LogP contribution in [0.3, 0.4) is 0 Å². The second-order valence-electron chi connectivity index (χ2n) is 6.93. The molecule has 30 heavy (non-hydrogen) atoms. The topological polar surface area (TPSA) is 80.3 Å². The van der Waals surface area contributed by atoms with E-state index in [1.165, 1.54) is 0 Å². The third-order valence-corrected chi connectivity index (χ3v) is 5.19. The Morgan fingerprint density at radius 2 is 1.93 bits per heavy atom. The van der Waals surface area contributed by atoms with Crippen LogP contribution in [0.4, 0.5) is 11.4 Å². The fourth-order valence-corrected chi connectivity index (χ4v) is 3.80. The SMILES string of the molecule is CCOc1cccc([C@H]2Nc3ccccc3C(=O)N2c2ccc3c(c2)OCO3)c1O. The van der Waals surface area contributed by atoms with Crippen molar-refractivity contribution in [1.82, 2.24) is 0 Å². The quantitative estimate of drug-likeness (QED) is 0.675. The highest BCUT2D eigenvalue weighted by Crippen LogP contribution is 2.44. The molecule has 0 aliphatic carbocycles. The minimum atomic E-state index is -0.645. The molecule has 2 aliphatic rings. The number of carbonyl (C=O) groups excluding carboxylic acids is 1. The number of ether oxygens (including phenoxy) is 3. The van der Waals surface area contributed by atoms with Crippen molar-refractivity contribution in [2.45, 2.75) is 13.1 Å². The number of amides is 1. The van der Waals surface area contributed by atoms with Gasteiger partial charge in [-0.15, -0.1) is 0 Å². The van der Waals surface area contributed by atoms with Gasteiger partial charge in [-0.25, -0.2) is 0 Å². The summed E-state index contributed by atoms with van der Waals surface area (Å²) in [4.78, 5) is 15.1. The first-order chi connectivity index (χ1) is 14.7. The van der Waals surface area contributed by atoms with Crippen molar-refractivity contribution in [3.05, 3.63) is 71.8 Å². The first-order valence-electron chi connectivity index (χ1n) is 9.71. The molecule has 0 aromatic heterocycles. The molecule has 2 aliphatic heterocycles. The molecule has 1 atom stereocenters. The minimum absolute atomic E-state index is 0.00484. The lowest BCUT2D eigenvalue weighted by Crippen LogP contribution is -2.43. The summed E-state index contributed by atoms with van der Waals surface area (Å²) in [5.74, 6) is 1.39. The molecule has 0 bridgehead atoms. The molecule has 7 nitrogen and oxygen atoms in total. The van der Waals surface area contributed by atoms with Gasteiger partial charge in [0.15, 0.2) is 23.0 Å². The number of rotatable bonds is 4. The summed E-state index contributed by atoms with van der Waals surface area (Å²) >= 11 is 0. The van der Waals surface area contributed by atoms with Gasteiger partial charge in [0.2, 0.25) is 6.79 Å². The van der Waals surface area contributed by atoms with E-state index < -0.39 is 6.17 Å². The summed E-state index contributed by atoms with van der Waals surface area (Å²) in [6.07, 6.45) is -0.645. The van der Waals surface area contributed by atoms with Gasteiger partial charge in [0.05, 0.1) is 17.9 Å². The van der Waals surface area contributed by atoms with Crippen LogP contribution in [-0.4, -0.2) is 24.4 Å². The van der Waals surface area contributed by atoms with Crippen molar-refractivity contribution in [3.8, 4) is 23.0 Å². The van der Waals surface area contributed by atoms with E-state index in [-0.39, 0.29) is 18.4 Å². The Balaban J connectivity index is 1.66. The van der Waals surface area contributed by atoms with Gasteiger partial charge in [-0.3, -0.25) is 9.69 Å². The molecular formula is C23H20N2O5. The maximum atomic E-state index is 13.5. The summed E-state index contributed by atoms with van der Waals surface area (Å²) in [5, 5.41) is 14.3. The number of aromatic hydroxyl groups is 1. The number of phenolic OH excluding ortho intramolecular Hbond substituents is 1. The van der Waals surface area contributed by atoms with Crippen molar-refractivity contribution in [2.75, 3.05) is 23.6 Å². The van der Waals surface area contributed by atoms with E-state index in [1.807, 2.05) is 25.1 Å². The van der Waals surface area contributed by atoms with E-state index in [0.29, 0.717) is 46.4 Å². The number of anilines is 2. The lowest BCUT2D eigenvalue weighted by molar-refractivity contribution is 0.0974. The fraction of sp³-hybridized carbons (Fsp3) is 0.174. The van der Waals surface area contributed by atoms with E-state index in [2.05, 4.69) is 5.32 Å². The van der Waals surface area contributed by atoms with Crippen LogP contribution in [0.25, 0.3) is 0 Å². The molecule has 0 saturated carbocycles. The molecule has 0 saturated heterocycles. The standard InChI is InChI=1S/C23H20N2O5/c1-2-28-19-9-5-7-16(21(19)26)22-24-17-8-4-3-6-15(17)23(27)25(22)14-10-11-18-20(12-14)30-13-29-18/h3-12,22,24,26H,2,13H2,1H3/t22-/m0/s1. The average Bonchev–Trinajstić information content (AvgIpc) is 3.23. The number of fused-ring (bicyclic) bond motifs is 2. The molecule has 3 aromatic rings. The third-order valence-electron chi connectivity index (χ3n) is 5.19. The van der Waals surface area contributed by atoms with E-state index in [4.69, 9.17) is 14.2 Å². The van der Waals surface area contributed by atoms with Crippen LogP contribution in [0.1, 0.15) is 29.0 Å². The Labute approximate surface area is 173 Å². The maximum absolute atomic E-state index is 13.5. The maximum Gasteiger partial charge on any atom is 0.262 e. The van der Waals surface area contributed by atoms with Crippen molar-refractivity contribution in [1.29, 1.82) is 0 Å². The highest BCUT2D eigenvalue weighted by atomic mass is 16.7. The van der Waals surface area contributed by atoms with E-state index in [0.717, 1.165) is 0 Å². The first-order valence-corrected chi connectivity index (χ1v) is 9.71. The van der Waals surface area contributed by atoms with E-state index in [1.54, 1.807) is 47.4 Å². The molecule has 2 heterocycles. The van der Waals surface area contributed by atoms with Gasteiger partial charge < -0.3 is 24.6 Å². The van der Waals surface area contributed by atoms with Crippen LogP contribution >= 0.6 is 0 Å². The predicted molar refractivity (Wildman–Crippen MR) is 111 cm³/mol. The highest BCUT2D eigenvalue weighted by Gasteiger charge is 2.36. The van der Waals surface area contributed by atoms with Gasteiger partial charge in [0.25, 0.3) is 5.91 Å². The number of phenols is 1. The second-order valence-corrected chi connectivity index (χ2v) is 6.93. The van der Waals surface area contributed by atoms with Crippen LogP contribution < -0.4 is 24.4 Å². The van der Waals surface area contributed by atoms with Crippen LogP contribution in [0.15, 0.2) is 60.7 Å². The lowest BCUT2D eigenvalue weighted by Gasteiger charge is -2.38. The van der Waals surface area contributed by atoms with Crippen LogP contribution in [0.5, 0.6) is 23.0 Å². The number of nitrogens with one attached hydrogen (secondary N) is 1. The van der Waals surface area contributed by atoms with Gasteiger partial charge in [-0.05, 0) is 37.3 Å². The molecule has 152 valence electrons. The monoisotopic (exact) mass is 404 g/mol. The molecular weight excluding hydrogens is 384 g/mol. The van der Waals surface area contributed by atoms with Gasteiger partial charge in [-0.2, -0.15) is 0 Å². The minimum Gasteiger partial charge on any atom is -0.504 e. The molecule has 0 radical (unpaired) electrons. The largest absolute Gasteiger partial charge is 0.504 e. The van der Waals surface area contributed by atoms with Gasteiger partial charge in [0.1, 0.15) is 6.17 Å². The van der Waals surface area contributed by atoms with Crippen molar-refractivity contribution < 1.29 is 24.1 Å². The average molecular weight is 404 g/mol. The zero-order valence-corrected chi connectivity index (χ0v) is 16.3. The number of benzene rings is 3. The van der Waals surface area contributed by atoms with Crippen LogP contribution in [0.2, 0.25) is 0 Å². The van der Waals surface area contributed by atoms with E-state index >= 15 is 0 Å². The number of para-hydroxylation sites is 2. The predicted octanol–water partition coefficient (Wildman–Crippen LogP) is 4.29. The Kier molecular flexibility index (Phi) is 4.35. The molecule has 3 aromatic carbocycles. The van der Waals surface area contributed by atoms with Crippen LogP contribution in [0, 0.1) is 0 Å². The summed E-state index contributed by atoms with van der Waals surface area (Å²) in [7, 11) is 0. The number of carbonyl (C=O) groups is 1. The Morgan fingerprint density at radius 3 is 2.80 bits per heavy atom. The molecule has 0 spiro atoms. The van der Waals surface area contributed by atoms with Gasteiger partial charge in [0, 0.05) is 17.3 Å². The fourth-order valence-electron chi connectivity index (χ4n) is 3.80. The summed E-state index contributed by atoms with van der Waals surface area (Å²) in [5.41, 5.74) is 2.40. The van der Waals surface area contributed by atoms with Crippen molar-refractivity contribution in [2.24, 2.45) is 0 Å². The summed E-state index contributed by atoms with van der Waals surface area (Å²) in [6.45, 7) is 2.42. The Bertz CT molecular complexity index is 1130. The Morgan fingerprint density at radius 1 is 1.10 bits per heavy atom. The highest BCUT2D eigenvalue weighted by molar-refractivity contribution is 6.12. The zero-order valence-electron chi connectivity index (χ0n) is 16.3. The third kappa shape index (κ3) is 2.86. The number of hydrogen-bond donors (Lipinski definition) is 2. The number of hydrogen-bond acceptors (Lipinski definition) is 6. The Hall–Kier alpha value is -3.87. The lowest BCUT2D eigenvalue weighted by atomic mass is 10.0. The normalized spacial score (nSPS) is 16.8. The van der Waals surface area contributed by atoms with Gasteiger partial charge in [-0.1, -0.05) is 24.3 Å². The summed E-state index contributed by atoms with van der Waals surface area (Å²) < 4.78 is 16.4. The van der Waals surface area contributed by atoms with Crippen molar-refractivity contribution in [3.63, 3.8) is 0 Å². The molecule has 1 amide bonds. The molecule has 5 rings (SSSR count).